The normalized spacial score (nSPS) is 27.6. The quantitative estimate of drug-likeness (QED) is 0.921. The Morgan fingerprint density at radius 1 is 1.40 bits per heavy atom. The van der Waals surface area contributed by atoms with Crippen molar-refractivity contribution in [3.05, 3.63) is 29.8 Å². The Labute approximate surface area is 120 Å². The summed E-state index contributed by atoms with van der Waals surface area (Å²) in [5, 5.41) is 11.1. The summed E-state index contributed by atoms with van der Waals surface area (Å²) in [7, 11) is 1.66. The molecule has 1 aliphatic heterocycles. The van der Waals surface area contributed by atoms with Crippen molar-refractivity contribution in [2.75, 3.05) is 13.7 Å². The highest BCUT2D eigenvalue weighted by Gasteiger charge is 2.47. The molecule has 1 saturated heterocycles. The lowest BCUT2D eigenvalue weighted by atomic mass is 9.67. The Balaban J connectivity index is 1.82. The van der Waals surface area contributed by atoms with E-state index in [0.29, 0.717) is 0 Å². The van der Waals surface area contributed by atoms with E-state index in [-0.39, 0.29) is 11.5 Å². The molecule has 3 heteroatoms. The molecule has 110 valence electrons. The van der Waals surface area contributed by atoms with Crippen molar-refractivity contribution in [1.29, 1.82) is 0 Å². The Morgan fingerprint density at radius 3 is 2.85 bits per heavy atom. The first kappa shape index (κ1) is 13.9. The van der Waals surface area contributed by atoms with E-state index in [0.717, 1.165) is 43.6 Å². The average Bonchev–Trinajstić information content (AvgIpc) is 2.46. The Morgan fingerprint density at radius 2 is 2.20 bits per heavy atom. The fraction of sp³-hybridized carbons (Fsp3) is 0.647. The highest BCUT2D eigenvalue weighted by Crippen LogP contribution is 2.49. The molecule has 1 spiro atoms. The fourth-order valence-corrected chi connectivity index (χ4v) is 3.60. The van der Waals surface area contributed by atoms with Crippen LogP contribution in [-0.4, -0.2) is 24.4 Å². The molecule has 0 aromatic heterocycles. The van der Waals surface area contributed by atoms with Gasteiger partial charge in [0.05, 0.1) is 18.3 Å². The van der Waals surface area contributed by atoms with Crippen LogP contribution in [0, 0.1) is 5.92 Å². The monoisotopic (exact) mass is 276 g/mol. The smallest absolute Gasteiger partial charge is 0.119 e. The van der Waals surface area contributed by atoms with Crippen molar-refractivity contribution < 1.29 is 14.6 Å². The van der Waals surface area contributed by atoms with Crippen LogP contribution in [-0.2, 0) is 10.3 Å². The molecular formula is C17H24O3. The maximum Gasteiger partial charge on any atom is 0.119 e. The van der Waals surface area contributed by atoms with E-state index in [1.54, 1.807) is 7.11 Å². The topological polar surface area (TPSA) is 38.7 Å². The zero-order valence-corrected chi connectivity index (χ0v) is 12.4. The van der Waals surface area contributed by atoms with Crippen molar-refractivity contribution in [2.24, 2.45) is 5.92 Å². The van der Waals surface area contributed by atoms with Crippen molar-refractivity contribution >= 4 is 0 Å². The minimum absolute atomic E-state index is 0.0613. The summed E-state index contributed by atoms with van der Waals surface area (Å²) in [6, 6.07) is 7.80. The number of ether oxygens (including phenoxy) is 2. The first-order valence-corrected chi connectivity index (χ1v) is 7.57. The first-order valence-electron chi connectivity index (χ1n) is 7.57. The zero-order valence-electron chi connectivity index (χ0n) is 12.4. The minimum Gasteiger partial charge on any atom is -0.497 e. The van der Waals surface area contributed by atoms with Gasteiger partial charge in [-0.05, 0) is 62.6 Å². The first-order chi connectivity index (χ1) is 9.56. The van der Waals surface area contributed by atoms with E-state index in [9.17, 15) is 5.11 Å². The summed E-state index contributed by atoms with van der Waals surface area (Å²) in [5.41, 5.74) is 0.186. The van der Waals surface area contributed by atoms with Crippen LogP contribution >= 0.6 is 0 Å². The lowest BCUT2D eigenvalue weighted by Gasteiger charge is -2.50. The van der Waals surface area contributed by atoms with Gasteiger partial charge in [0, 0.05) is 6.61 Å². The van der Waals surface area contributed by atoms with Crippen molar-refractivity contribution in [1.82, 2.24) is 0 Å². The third kappa shape index (κ3) is 2.33. The molecule has 3 nitrogen and oxygen atoms in total. The number of aliphatic hydroxyl groups is 1. The molecule has 1 N–H and O–H groups in total. The minimum atomic E-state index is -0.819. The number of methoxy groups -OCH3 is 1. The van der Waals surface area contributed by atoms with Crippen molar-refractivity contribution in [2.45, 2.75) is 50.2 Å². The van der Waals surface area contributed by atoms with Crippen LogP contribution in [0.3, 0.4) is 0 Å². The molecular weight excluding hydrogens is 252 g/mol. The van der Waals surface area contributed by atoms with Gasteiger partial charge in [-0.15, -0.1) is 0 Å². The van der Waals surface area contributed by atoms with Gasteiger partial charge in [-0.3, -0.25) is 0 Å². The van der Waals surface area contributed by atoms with Gasteiger partial charge in [0.15, 0.2) is 0 Å². The molecule has 1 aliphatic carbocycles. The molecule has 0 amide bonds. The third-order valence-electron chi connectivity index (χ3n) is 5.21. The number of hydrogen-bond acceptors (Lipinski definition) is 3. The second-order valence-electron chi connectivity index (χ2n) is 6.45. The Kier molecular flexibility index (Phi) is 3.51. The van der Waals surface area contributed by atoms with E-state index in [4.69, 9.17) is 9.47 Å². The molecule has 1 aromatic rings. The predicted octanol–water partition coefficient (Wildman–Crippen LogP) is 3.25. The van der Waals surface area contributed by atoms with Crippen LogP contribution in [0.2, 0.25) is 0 Å². The number of hydrogen-bond donors (Lipinski definition) is 1. The molecule has 1 saturated carbocycles. The second kappa shape index (κ2) is 5.05. The average molecular weight is 276 g/mol. The summed E-state index contributed by atoms with van der Waals surface area (Å²) in [6.45, 7) is 2.70. The van der Waals surface area contributed by atoms with Gasteiger partial charge in [-0.2, -0.15) is 0 Å². The van der Waals surface area contributed by atoms with Gasteiger partial charge >= 0.3 is 0 Å². The van der Waals surface area contributed by atoms with Gasteiger partial charge in [0.1, 0.15) is 5.75 Å². The van der Waals surface area contributed by atoms with Gasteiger partial charge in [-0.25, -0.2) is 0 Å². The standard InChI is InChI=1S/C17H24O3/c1-16(18,13-5-3-6-15(11-13)19-2)14-7-10-20-17(12-14)8-4-9-17/h3,5-6,11,14,18H,4,7-10,12H2,1-2H3. The zero-order chi connectivity index (χ0) is 14.2. The number of rotatable bonds is 3. The van der Waals surface area contributed by atoms with Crippen molar-refractivity contribution in [3.8, 4) is 5.75 Å². The summed E-state index contributed by atoms with van der Waals surface area (Å²) >= 11 is 0. The highest BCUT2D eigenvalue weighted by atomic mass is 16.5. The predicted molar refractivity (Wildman–Crippen MR) is 77.8 cm³/mol. The third-order valence-corrected chi connectivity index (χ3v) is 5.21. The van der Waals surface area contributed by atoms with Gasteiger partial charge in [-0.1, -0.05) is 12.1 Å². The van der Waals surface area contributed by atoms with E-state index in [1.165, 1.54) is 6.42 Å². The molecule has 2 aliphatic rings. The second-order valence-corrected chi connectivity index (χ2v) is 6.45. The Bertz CT molecular complexity index is 477. The van der Waals surface area contributed by atoms with E-state index in [2.05, 4.69) is 0 Å². The van der Waals surface area contributed by atoms with Crippen LogP contribution in [0.5, 0.6) is 5.75 Å². The van der Waals surface area contributed by atoms with Crippen molar-refractivity contribution in [3.63, 3.8) is 0 Å². The van der Waals surface area contributed by atoms with Gasteiger partial charge < -0.3 is 14.6 Å². The highest BCUT2D eigenvalue weighted by molar-refractivity contribution is 5.32. The van der Waals surface area contributed by atoms with E-state index < -0.39 is 5.60 Å². The molecule has 1 aromatic carbocycles. The Hall–Kier alpha value is -1.06. The van der Waals surface area contributed by atoms with Crippen LogP contribution < -0.4 is 4.74 Å². The summed E-state index contributed by atoms with van der Waals surface area (Å²) in [6.07, 6.45) is 5.45. The molecule has 2 fully saturated rings. The molecule has 0 bridgehead atoms. The van der Waals surface area contributed by atoms with E-state index >= 15 is 0 Å². The van der Waals surface area contributed by atoms with Crippen LogP contribution in [0.1, 0.15) is 44.6 Å². The van der Waals surface area contributed by atoms with Crippen LogP contribution in [0.25, 0.3) is 0 Å². The maximum atomic E-state index is 11.1. The van der Waals surface area contributed by atoms with Crippen LogP contribution in [0.15, 0.2) is 24.3 Å². The maximum absolute atomic E-state index is 11.1. The summed E-state index contributed by atoms with van der Waals surface area (Å²) in [5.74, 6) is 1.05. The van der Waals surface area contributed by atoms with Gasteiger partial charge in [0.25, 0.3) is 0 Å². The summed E-state index contributed by atoms with van der Waals surface area (Å²) in [4.78, 5) is 0. The van der Waals surface area contributed by atoms with E-state index in [1.807, 2.05) is 31.2 Å². The molecule has 3 rings (SSSR count). The van der Waals surface area contributed by atoms with Gasteiger partial charge in [0.2, 0.25) is 0 Å². The summed E-state index contributed by atoms with van der Waals surface area (Å²) < 4.78 is 11.2. The largest absolute Gasteiger partial charge is 0.497 e. The lowest BCUT2D eigenvalue weighted by molar-refractivity contribution is -0.174. The molecule has 0 radical (unpaired) electrons. The molecule has 2 atom stereocenters. The lowest BCUT2D eigenvalue weighted by Crippen LogP contribution is -2.49. The molecule has 2 unspecified atom stereocenters. The molecule has 1 heterocycles. The molecule has 20 heavy (non-hydrogen) atoms. The fourth-order valence-electron chi connectivity index (χ4n) is 3.60. The number of benzene rings is 1. The SMILES string of the molecule is COc1cccc(C(C)(O)C2CCOC3(CCC3)C2)c1. The van der Waals surface area contributed by atoms with Crippen LogP contribution in [0.4, 0.5) is 0 Å².